The molecular weight excluding hydrogens is 1390 g/mol. The van der Waals surface area contributed by atoms with Crippen molar-refractivity contribution in [2.75, 3.05) is 70.1 Å². The van der Waals surface area contributed by atoms with Crippen LogP contribution in [0.2, 0.25) is 0 Å². The van der Waals surface area contributed by atoms with Gasteiger partial charge in [0.1, 0.15) is 29.2 Å². The lowest BCUT2D eigenvalue weighted by molar-refractivity contribution is -0.172. The molecule has 0 radical (unpaired) electrons. The van der Waals surface area contributed by atoms with Crippen molar-refractivity contribution in [2.45, 2.75) is 375 Å². The largest absolute Gasteiger partial charge is 0.384 e. The first-order valence-electron chi connectivity index (χ1n) is 43.2. The maximum Gasteiger partial charge on any atom is 0.158 e. The van der Waals surface area contributed by atoms with Gasteiger partial charge in [-0.15, -0.1) is 0 Å². The SMILES string of the molecule is C.CCC(C)C(C)C(C)C(OC)C(C)=O.CCC(C)C(C)C(OC)C(C)C(C)=O.CCC(C)C(OC)C(C)C(C)C(C)=O.CCC(OC)C(C)C(C)C(C)C(C)=O.CCC1OC(C)C(C)C(C)C1OC.CCC1OC(C)C(C)C(OC)C1C.COCC(C)C(C)C(C)C(C)C(C)=O.COCC1OC(C)C(C)C(C)C1C. The Kier molecular flexibility index (Phi) is 69.1. The molecule has 0 aromatic rings. The minimum absolute atomic E-state index is 0. The zero-order chi connectivity index (χ0) is 86.5. The molecule has 110 heavy (non-hydrogen) atoms. The molecule has 0 saturated carbocycles. The molecular formula is C94H190O16. The summed E-state index contributed by atoms with van der Waals surface area (Å²) in [4.78, 5) is 56.3. The van der Waals surface area contributed by atoms with E-state index >= 15 is 0 Å². The molecule has 3 fully saturated rings. The van der Waals surface area contributed by atoms with Gasteiger partial charge in [-0.25, -0.2) is 0 Å². The Balaban J connectivity index is -0.000000281. The number of hydrogen-bond donors (Lipinski definition) is 0. The molecule has 16 heteroatoms. The Morgan fingerprint density at radius 2 is 0.682 bits per heavy atom. The van der Waals surface area contributed by atoms with E-state index in [9.17, 15) is 24.0 Å². The van der Waals surface area contributed by atoms with Crippen molar-refractivity contribution in [3.8, 4) is 0 Å². The number of ketones is 5. The van der Waals surface area contributed by atoms with Crippen LogP contribution in [0.25, 0.3) is 0 Å². The van der Waals surface area contributed by atoms with Crippen LogP contribution >= 0.6 is 0 Å². The summed E-state index contributed by atoms with van der Waals surface area (Å²) < 4.78 is 60.6. The summed E-state index contributed by atoms with van der Waals surface area (Å²) in [5, 5.41) is 0. The smallest absolute Gasteiger partial charge is 0.158 e. The highest BCUT2D eigenvalue weighted by Gasteiger charge is 2.41. The van der Waals surface area contributed by atoms with E-state index in [4.69, 9.17) is 52.1 Å². The fourth-order valence-electron chi connectivity index (χ4n) is 16.0. The fraction of sp³-hybridized carbons (Fsp3) is 0.947. The molecule has 0 bridgehead atoms. The predicted octanol–water partition coefficient (Wildman–Crippen LogP) is 22.3. The van der Waals surface area contributed by atoms with E-state index in [1.165, 1.54) is 0 Å². The van der Waals surface area contributed by atoms with Crippen LogP contribution in [0.3, 0.4) is 0 Å². The molecule has 3 rings (SSSR count). The van der Waals surface area contributed by atoms with E-state index in [0.29, 0.717) is 137 Å². The molecule has 0 N–H and O–H groups in total. The van der Waals surface area contributed by atoms with Gasteiger partial charge in [-0.2, -0.15) is 0 Å². The highest BCUT2D eigenvalue weighted by molar-refractivity contribution is 5.81. The van der Waals surface area contributed by atoms with Crippen molar-refractivity contribution in [3.63, 3.8) is 0 Å². The van der Waals surface area contributed by atoms with Gasteiger partial charge >= 0.3 is 0 Å². The van der Waals surface area contributed by atoms with Crippen LogP contribution in [-0.2, 0) is 76.1 Å². The van der Waals surface area contributed by atoms with Gasteiger partial charge in [0.2, 0.25) is 0 Å². The van der Waals surface area contributed by atoms with Crippen molar-refractivity contribution in [3.05, 3.63) is 0 Å². The van der Waals surface area contributed by atoms with E-state index in [0.717, 1.165) is 57.7 Å². The summed E-state index contributed by atoms with van der Waals surface area (Å²) in [5.74, 6) is 11.3. The minimum Gasteiger partial charge on any atom is -0.384 e. The molecule has 3 saturated heterocycles. The summed E-state index contributed by atoms with van der Waals surface area (Å²) in [5.41, 5.74) is 0. The molecule has 0 aliphatic carbocycles. The van der Waals surface area contributed by atoms with Crippen molar-refractivity contribution < 1.29 is 76.1 Å². The van der Waals surface area contributed by atoms with Crippen LogP contribution in [0.4, 0.5) is 0 Å². The summed E-state index contributed by atoms with van der Waals surface area (Å²) >= 11 is 0. The number of rotatable bonds is 36. The van der Waals surface area contributed by atoms with Gasteiger partial charge < -0.3 is 52.1 Å². The molecule has 35 atom stereocenters. The molecule has 0 aromatic carbocycles. The second-order valence-corrected chi connectivity index (χ2v) is 34.7. The van der Waals surface area contributed by atoms with Crippen LogP contribution < -0.4 is 0 Å². The summed E-state index contributed by atoms with van der Waals surface area (Å²) in [6.07, 6.45) is 9.42. The third kappa shape index (κ3) is 41.3. The van der Waals surface area contributed by atoms with Gasteiger partial charge in [0.25, 0.3) is 0 Å². The molecule has 0 amide bonds. The highest BCUT2D eigenvalue weighted by atomic mass is 16.6. The van der Waals surface area contributed by atoms with Gasteiger partial charge in [0.15, 0.2) is 5.78 Å². The van der Waals surface area contributed by atoms with E-state index in [-0.39, 0.29) is 103 Å². The molecule has 662 valence electrons. The van der Waals surface area contributed by atoms with E-state index in [1.54, 1.807) is 84.4 Å². The maximum atomic E-state index is 11.3. The highest BCUT2D eigenvalue weighted by Crippen LogP contribution is 2.38. The predicted molar refractivity (Wildman–Crippen MR) is 464 cm³/mol. The quantitative estimate of drug-likeness (QED) is 0.0576. The Morgan fingerprint density at radius 1 is 0.309 bits per heavy atom. The van der Waals surface area contributed by atoms with E-state index < -0.39 is 0 Å². The molecule has 3 heterocycles. The van der Waals surface area contributed by atoms with Crippen LogP contribution in [0, 0.1) is 136 Å². The Labute approximate surface area is 683 Å². The number of methoxy groups -OCH3 is 8. The molecule has 16 nitrogen and oxygen atoms in total. The molecule has 35 unspecified atom stereocenters. The summed E-state index contributed by atoms with van der Waals surface area (Å²) in [7, 11) is 13.9. The average Bonchev–Trinajstić information content (AvgIpc) is 0.825. The first kappa shape index (κ1) is 119. The Morgan fingerprint density at radius 3 is 1.03 bits per heavy atom. The zero-order valence-corrected chi connectivity index (χ0v) is 79.9. The average molecular weight is 1580 g/mol. The Bertz CT molecular complexity index is 2270. The molecule has 0 spiro atoms. The van der Waals surface area contributed by atoms with Crippen molar-refractivity contribution in [1.29, 1.82) is 0 Å². The molecule has 3 aliphatic rings. The van der Waals surface area contributed by atoms with Crippen LogP contribution in [0.15, 0.2) is 0 Å². The monoisotopic (exact) mass is 1580 g/mol. The number of carbonyl (C=O) groups is 5. The lowest BCUT2D eigenvalue weighted by Gasteiger charge is -2.43. The summed E-state index contributed by atoms with van der Waals surface area (Å²) in [6.45, 7) is 79.0. The van der Waals surface area contributed by atoms with Crippen LogP contribution in [-0.4, -0.2) is 172 Å². The molecule has 0 aromatic heterocycles. The van der Waals surface area contributed by atoms with Gasteiger partial charge in [-0.05, 0) is 175 Å². The van der Waals surface area contributed by atoms with Crippen LogP contribution in [0.5, 0.6) is 0 Å². The molecule has 3 aliphatic heterocycles. The second kappa shape index (κ2) is 64.0. The zero-order valence-electron chi connectivity index (χ0n) is 79.9. The third-order valence-electron chi connectivity index (χ3n) is 28.2. The topological polar surface area (TPSA) is 187 Å². The standard InChI is InChI=1S/5C12H24O2.3C11H22O2.CH4/c1-8(7-14-6)9(2)10(3)11(4)12(5)13;1-7-12(14-6)10(4)8(2)9(3)11(5)13;1-7-8(2)12(14-6)10(4)9(3)11(5)13;1-7-8(2)9(3)12(14-6)10(4)11(5)13;1-7-8(2)9(3)10(4)12(14-6)11(5)13;1-7-8(2)10(4)13-11(6-12-5)9(7)3;1-6-10-8(3)11(12-5)7(2)9(4)13-10;1-6-10-11(12-5)8(3)7(2)9(4)13-10;/h8-11H,7H2,1-6H3;4*8-10,12H,7H2,1-6H3;3*7-11H,6H2,1-5H3;1H4. The minimum atomic E-state index is -0.237. The van der Waals surface area contributed by atoms with Crippen LogP contribution in [0.1, 0.15) is 302 Å². The lowest BCUT2D eigenvalue weighted by Crippen LogP contribution is -2.48. The van der Waals surface area contributed by atoms with Crippen molar-refractivity contribution >= 4 is 28.9 Å². The maximum absolute atomic E-state index is 11.3. The number of carbonyl (C=O) groups excluding carboxylic acids is 5. The van der Waals surface area contributed by atoms with E-state index in [1.807, 2.05) is 34.8 Å². The second-order valence-electron chi connectivity index (χ2n) is 34.7. The normalized spacial score (nSPS) is 29.1. The van der Waals surface area contributed by atoms with Gasteiger partial charge in [-0.3, -0.25) is 24.0 Å². The van der Waals surface area contributed by atoms with Crippen molar-refractivity contribution in [2.24, 2.45) is 136 Å². The Hall–Kier alpha value is -2.09. The summed E-state index contributed by atoms with van der Waals surface area (Å²) in [6, 6.07) is 0. The first-order valence-corrected chi connectivity index (χ1v) is 43.2. The van der Waals surface area contributed by atoms with E-state index in [2.05, 4.69) is 194 Å². The fourth-order valence-corrected chi connectivity index (χ4v) is 16.0. The van der Waals surface area contributed by atoms with Gasteiger partial charge in [0.05, 0.1) is 73.8 Å². The lowest BCUT2D eigenvalue weighted by atomic mass is 9.77. The number of Topliss-reactive ketones (excluding diaryl/α,β-unsaturated/α-hetero) is 5. The first-order chi connectivity index (χ1) is 50.5. The third-order valence-corrected chi connectivity index (χ3v) is 28.2. The van der Waals surface area contributed by atoms with Gasteiger partial charge in [0, 0.05) is 99.0 Å². The number of ether oxygens (including phenoxy) is 11. The number of hydrogen-bond acceptors (Lipinski definition) is 16. The van der Waals surface area contributed by atoms with Gasteiger partial charge in [-0.1, -0.05) is 227 Å². The van der Waals surface area contributed by atoms with Crippen molar-refractivity contribution in [1.82, 2.24) is 0 Å².